The molecule has 0 saturated carbocycles. The third-order valence-electron chi connectivity index (χ3n) is 2.60. The lowest BCUT2D eigenvalue weighted by Gasteiger charge is -2.15. The lowest BCUT2D eigenvalue weighted by molar-refractivity contribution is 0.467. The number of nitrogens with zero attached hydrogens (tertiary/aromatic N) is 1. The maximum atomic E-state index is 12.3. The van der Waals surface area contributed by atoms with Gasteiger partial charge in [-0.25, -0.2) is 8.42 Å². The predicted molar refractivity (Wildman–Crippen MR) is 81.0 cm³/mol. The minimum atomic E-state index is -3.48. The molecule has 0 amide bonds. The van der Waals surface area contributed by atoms with Crippen molar-refractivity contribution in [3.8, 4) is 0 Å². The van der Waals surface area contributed by atoms with E-state index in [1.807, 2.05) is 11.4 Å². The molecule has 0 spiro atoms. The number of sulfonamides is 1. The van der Waals surface area contributed by atoms with Crippen molar-refractivity contribution >= 4 is 48.9 Å². The standard InChI is InChI=1S/C11H12BrClN2O2S2/c1-15(6-8-2-11(12)18-7-8)19(16,17)10-3-9(4-13)14-5-10/h2-3,5,7,14H,4,6H2,1H3. The third-order valence-corrected chi connectivity index (χ3v) is 6.22. The van der Waals surface area contributed by atoms with Gasteiger partial charge in [0.2, 0.25) is 10.0 Å². The van der Waals surface area contributed by atoms with Crippen molar-refractivity contribution < 1.29 is 8.42 Å². The van der Waals surface area contributed by atoms with Crippen molar-refractivity contribution in [1.29, 1.82) is 0 Å². The molecule has 104 valence electrons. The van der Waals surface area contributed by atoms with Crippen LogP contribution >= 0.6 is 38.9 Å². The number of H-pyrrole nitrogens is 1. The second-order valence-electron chi connectivity index (χ2n) is 4.01. The lowest BCUT2D eigenvalue weighted by atomic mass is 10.3. The number of halogens is 2. The Hall–Kier alpha value is -0.340. The summed E-state index contributed by atoms with van der Waals surface area (Å²) in [5.74, 6) is 0.261. The highest BCUT2D eigenvalue weighted by atomic mass is 79.9. The van der Waals surface area contributed by atoms with Crippen LogP contribution in [0.2, 0.25) is 0 Å². The molecule has 0 aliphatic carbocycles. The van der Waals surface area contributed by atoms with Crippen molar-refractivity contribution in [2.75, 3.05) is 7.05 Å². The van der Waals surface area contributed by atoms with E-state index in [4.69, 9.17) is 11.6 Å². The number of nitrogens with one attached hydrogen (secondary N) is 1. The van der Waals surface area contributed by atoms with Crippen LogP contribution in [0.4, 0.5) is 0 Å². The number of hydrogen-bond acceptors (Lipinski definition) is 3. The summed E-state index contributed by atoms with van der Waals surface area (Å²) in [6.45, 7) is 0.339. The molecule has 0 aromatic carbocycles. The summed E-state index contributed by atoms with van der Waals surface area (Å²) in [6, 6.07) is 3.47. The van der Waals surface area contributed by atoms with E-state index in [0.717, 1.165) is 9.35 Å². The van der Waals surface area contributed by atoms with Gasteiger partial charge in [-0.3, -0.25) is 0 Å². The molecule has 2 heterocycles. The minimum Gasteiger partial charge on any atom is -0.363 e. The van der Waals surface area contributed by atoms with Gasteiger partial charge in [0.15, 0.2) is 0 Å². The van der Waals surface area contributed by atoms with Gasteiger partial charge in [-0.2, -0.15) is 4.31 Å². The molecule has 0 unspecified atom stereocenters. The number of hydrogen-bond donors (Lipinski definition) is 1. The molecular weight excluding hydrogens is 372 g/mol. The van der Waals surface area contributed by atoms with E-state index in [9.17, 15) is 8.42 Å². The Balaban J connectivity index is 2.19. The van der Waals surface area contributed by atoms with Crippen LogP contribution in [-0.4, -0.2) is 24.8 Å². The fourth-order valence-electron chi connectivity index (χ4n) is 1.60. The van der Waals surface area contributed by atoms with Gasteiger partial charge in [0, 0.05) is 25.5 Å². The van der Waals surface area contributed by atoms with Crippen molar-refractivity contribution in [2.24, 2.45) is 0 Å². The van der Waals surface area contributed by atoms with Crippen LogP contribution in [0.25, 0.3) is 0 Å². The fraction of sp³-hybridized carbons (Fsp3) is 0.273. The summed E-state index contributed by atoms with van der Waals surface area (Å²) in [5.41, 5.74) is 1.64. The molecule has 0 saturated heterocycles. The first-order chi connectivity index (χ1) is 8.93. The summed E-state index contributed by atoms with van der Waals surface area (Å²) in [6.07, 6.45) is 1.47. The molecule has 0 aliphatic rings. The van der Waals surface area contributed by atoms with Gasteiger partial charge in [-0.05, 0) is 39.0 Å². The van der Waals surface area contributed by atoms with Crippen molar-refractivity contribution in [3.63, 3.8) is 0 Å². The number of rotatable bonds is 5. The predicted octanol–water partition coefficient (Wildman–Crippen LogP) is 3.40. The van der Waals surface area contributed by atoms with E-state index in [1.165, 1.54) is 21.8 Å². The molecule has 2 aromatic heterocycles. The van der Waals surface area contributed by atoms with Gasteiger partial charge in [0.25, 0.3) is 0 Å². The molecule has 0 atom stereocenters. The third kappa shape index (κ3) is 3.41. The molecule has 1 N–H and O–H groups in total. The zero-order valence-corrected chi connectivity index (χ0v) is 14.0. The van der Waals surface area contributed by atoms with Gasteiger partial charge in [-0.15, -0.1) is 22.9 Å². The monoisotopic (exact) mass is 382 g/mol. The van der Waals surface area contributed by atoms with E-state index >= 15 is 0 Å². The maximum Gasteiger partial charge on any atom is 0.244 e. The number of aromatic nitrogens is 1. The highest BCUT2D eigenvalue weighted by molar-refractivity contribution is 9.11. The fourth-order valence-corrected chi connectivity index (χ4v) is 4.13. The Morgan fingerprint density at radius 3 is 2.74 bits per heavy atom. The summed E-state index contributed by atoms with van der Waals surface area (Å²) in [4.78, 5) is 3.08. The van der Waals surface area contributed by atoms with Crippen LogP contribution < -0.4 is 0 Å². The van der Waals surface area contributed by atoms with E-state index in [0.29, 0.717) is 12.2 Å². The van der Waals surface area contributed by atoms with Crippen LogP contribution in [0.3, 0.4) is 0 Å². The molecule has 0 aliphatic heterocycles. The Bertz CT molecular complexity index is 666. The molecule has 0 radical (unpaired) electrons. The highest BCUT2D eigenvalue weighted by Gasteiger charge is 2.22. The minimum absolute atomic E-state index is 0.236. The average Bonchev–Trinajstić information content (AvgIpc) is 2.98. The van der Waals surface area contributed by atoms with E-state index in [2.05, 4.69) is 20.9 Å². The molecule has 2 aromatic rings. The van der Waals surface area contributed by atoms with Crippen LogP contribution in [0.5, 0.6) is 0 Å². The van der Waals surface area contributed by atoms with Gasteiger partial charge in [0.05, 0.1) is 14.6 Å². The topological polar surface area (TPSA) is 53.2 Å². The van der Waals surface area contributed by atoms with E-state index < -0.39 is 10.0 Å². The quantitative estimate of drug-likeness (QED) is 0.805. The Morgan fingerprint density at radius 1 is 1.47 bits per heavy atom. The molecular formula is C11H12BrClN2O2S2. The molecule has 0 bridgehead atoms. The number of thiophene rings is 1. The second kappa shape index (κ2) is 5.97. The van der Waals surface area contributed by atoms with Crippen molar-refractivity contribution in [2.45, 2.75) is 17.3 Å². The van der Waals surface area contributed by atoms with Crippen molar-refractivity contribution in [1.82, 2.24) is 9.29 Å². The van der Waals surface area contributed by atoms with E-state index in [1.54, 1.807) is 13.1 Å². The molecule has 4 nitrogen and oxygen atoms in total. The Labute approximate surface area is 129 Å². The number of alkyl halides is 1. The zero-order chi connectivity index (χ0) is 14.0. The smallest absolute Gasteiger partial charge is 0.244 e. The van der Waals surface area contributed by atoms with Crippen LogP contribution in [0.1, 0.15) is 11.3 Å². The lowest BCUT2D eigenvalue weighted by Crippen LogP contribution is -2.25. The SMILES string of the molecule is CN(Cc1csc(Br)c1)S(=O)(=O)c1c[nH]c(CCl)c1. The van der Waals surface area contributed by atoms with Gasteiger partial charge in [-0.1, -0.05) is 0 Å². The summed E-state index contributed by atoms with van der Waals surface area (Å²) in [7, 11) is -1.92. The highest BCUT2D eigenvalue weighted by Crippen LogP contribution is 2.24. The normalized spacial score (nSPS) is 12.2. The Morgan fingerprint density at radius 2 is 2.21 bits per heavy atom. The van der Waals surface area contributed by atoms with Crippen LogP contribution in [0.15, 0.2) is 32.4 Å². The largest absolute Gasteiger partial charge is 0.363 e. The first-order valence-corrected chi connectivity index (χ1v) is 9.00. The summed E-state index contributed by atoms with van der Waals surface area (Å²) >= 11 is 10.6. The van der Waals surface area contributed by atoms with Gasteiger partial charge < -0.3 is 4.98 Å². The zero-order valence-electron chi connectivity index (χ0n) is 10.1. The first-order valence-electron chi connectivity index (χ1n) is 5.36. The van der Waals surface area contributed by atoms with Crippen LogP contribution in [-0.2, 0) is 22.4 Å². The van der Waals surface area contributed by atoms with Crippen molar-refractivity contribution in [3.05, 3.63) is 38.8 Å². The Kier molecular flexibility index (Phi) is 4.73. The number of aromatic amines is 1. The molecule has 8 heteroatoms. The second-order valence-corrected chi connectivity index (χ2v) is 8.62. The average molecular weight is 384 g/mol. The summed E-state index contributed by atoms with van der Waals surface area (Å²) in [5, 5.41) is 1.93. The van der Waals surface area contributed by atoms with Crippen LogP contribution in [0, 0.1) is 0 Å². The summed E-state index contributed by atoms with van der Waals surface area (Å²) < 4.78 is 27.0. The molecule has 2 rings (SSSR count). The first kappa shape index (κ1) is 15.1. The van der Waals surface area contributed by atoms with E-state index in [-0.39, 0.29) is 10.8 Å². The molecule has 0 fully saturated rings. The maximum absolute atomic E-state index is 12.3. The molecule has 19 heavy (non-hydrogen) atoms. The van der Waals surface area contributed by atoms with Gasteiger partial charge in [0.1, 0.15) is 0 Å². The van der Waals surface area contributed by atoms with Gasteiger partial charge >= 0.3 is 0 Å².